The Morgan fingerprint density at radius 2 is 1.95 bits per heavy atom. The zero-order valence-electron chi connectivity index (χ0n) is 12.5. The highest BCUT2D eigenvalue weighted by Gasteiger charge is 2.27. The van der Waals surface area contributed by atoms with Crippen LogP contribution in [-0.2, 0) is 5.41 Å². The van der Waals surface area contributed by atoms with Crippen LogP contribution in [0.1, 0.15) is 25.8 Å². The van der Waals surface area contributed by atoms with E-state index in [4.69, 9.17) is 5.11 Å². The highest BCUT2D eigenvalue weighted by Crippen LogP contribution is 2.24. The molecule has 0 saturated carbocycles. The van der Waals surface area contributed by atoms with Gasteiger partial charge in [0, 0.05) is 31.7 Å². The molecule has 0 bridgehead atoms. The summed E-state index contributed by atoms with van der Waals surface area (Å²) in [5.41, 5.74) is 1.47. The van der Waals surface area contributed by atoms with Gasteiger partial charge in [0.2, 0.25) is 0 Å². The predicted octanol–water partition coefficient (Wildman–Crippen LogP) is 1.87. The van der Waals surface area contributed by atoms with Gasteiger partial charge in [0.15, 0.2) is 0 Å². The molecule has 3 heteroatoms. The number of rotatable bonds is 9. The molecule has 0 aliphatic heterocycles. The van der Waals surface area contributed by atoms with Crippen molar-refractivity contribution in [2.24, 2.45) is 0 Å². The van der Waals surface area contributed by atoms with Crippen LogP contribution < -0.4 is 5.32 Å². The first-order valence-corrected chi connectivity index (χ1v) is 7.19. The van der Waals surface area contributed by atoms with E-state index in [0.29, 0.717) is 0 Å². The minimum absolute atomic E-state index is 0.0987. The number of nitrogens with one attached hydrogen (secondary N) is 1. The molecule has 1 unspecified atom stereocenters. The molecule has 0 heterocycles. The minimum Gasteiger partial charge on any atom is -0.396 e. The van der Waals surface area contributed by atoms with Crippen LogP contribution in [0.2, 0.25) is 0 Å². The number of hydrogen-bond acceptors (Lipinski definition) is 3. The quantitative estimate of drug-likeness (QED) is 0.715. The van der Waals surface area contributed by atoms with Gasteiger partial charge in [-0.05, 0) is 25.6 Å². The fourth-order valence-electron chi connectivity index (χ4n) is 2.62. The Morgan fingerprint density at radius 3 is 2.47 bits per heavy atom. The van der Waals surface area contributed by atoms with E-state index in [-0.39, 0.29) is 12.0 Å². The SMILES string of the molecule is CCN(CCCO)CC(C)(CNC)c1ccccc1. The summed E-state index contributed by atoms with van der Waals surface area (Å²) in [4.78, 5) is 2.42. The topological polar surface area (TPSA) is 35.5 Å². The molecule has 0 saturated heterocycles. The molecular formula is C16H28N2O. The predicted molar refractivity (Wildman–Crippen MR) is 81.5 cm³/mol. The lowest BCUT2D eigenvalue weighted by Crippen LogP contribution is -2.45. The fraction of sp³-hybridized carbons (Fsp3) is 0.625. The van der Waals surface area contributed by atoms with Crippen molar-refractivity contribution in [1.82, 2.24) is 10.2 Å². The Bertz CT molecular complexity index is 342. The van der Waals surface area contributed by atoms with Crippen LogP contribution in [0.3, 0.4) is 0 Å². The van der Waals surface area contributed by atoms with Crippen molar-refractivity contribution in [3.05, 3.63) is 35.9 Å². The third-order valence-electron chi connectivity index (χ3n) is 3.69. The first-order chi connectivity index (χ1) is 9.16. The Morgan fingerprint density at radius 1 is 1.26 bits per heavy atom. The largest absolute Gasteiger partial charge is 0.396 e. The molecule has 2 N–H and O–H groups in total. The minimum atomic E-state index is 0.0987. The molecule has 1 atom stereocenters. The first-order valence-electron chi connectivity index (χ1n) is 7.19. The Labute approximate surface area is 117 Å². The molecule has 0 aliphatic carbocycles. The highest BCUT2D eigenvalue weighted by atomic mass is 16.3. The molecule has 0 radical (unpaired) electrons. The summed E-state index contributed by atoms with van der Waals surface area (Å²) in [5.74, 6) is 0. The van der Waals surface area contributed by atoms with Crippen molar-refractivity contribution < 1.29 is 5.11 Å². The van der Waals surface area contributed by atoms with Crippen LogP contribution in [-0.4, -0.2) is 49.8 Å². The van der Waals surface area contributed by atoms with E-state index in [1.54, 1.807) is 0 Å². The van der Waals surface area contributed by atoms with Gasteiger partial charge < -0.3 is 15.3 Å². The van der Waals surface area contributed by atoms with Crippen LogP contribution in [0, 0.1) is 0 Å². The van der Waals surface area contributed by atoms with E-state index in [9.17, 15) is 0 Å². The van der Waals surface area contributed by atoms with Crippen LogP contribution in [0.5, 0.6) is 0 Å². The Hall–Kier alpha value is -0.900. The average Bonchev–Trinajstić information content (AvgIpc) is 2.44. The van der Waals surface area contributed by atoms with E-state index < -0.39 is 0 Å². The number of aliphatic hydroxyl groups is 1. The van der Waals surface area contributed by atoms with Gasteiger partial charge in [-0.2, -0.15) is 0 Å². The van der Waals surface area contributed by atoms with Gasteiger partial charge >= 0.3 is 0 Å². The number of aliphatic hydroxyl groups excluding tert-OH is 1. The Balaban J connectivity index is 2.80. The van der Waals surface area contributed by atoms with Crippen LogP contribution in [0.4, 0.5) is 0 Å². The third-order valence-corrected chi connectivity index (χ3v) is 3.69. The molecular weight excluding hydrogens is 236 g/mol. The summed E-state index contributed by atoms with van der Waals surface area (Å²) < 4.78 is 0. The second kappa shape index (κ2) is 8.31. The molecule has 0 spiro atoms. The molecule has 0 amide bonds. The summed E-state index contributed by atoms with van der Waals surface area (Å²) in [6, 6.07) is 10.7. The van der Waals surface area contributed by atoms with Gasteiger partial charge in [-0.15, -0.1) is 0 Å². The van der Waals surface area contributed by atoms with Crippen LogP contribution >= 0.6 is 0 Å². The van der Waals surface area contributed by atoms with E-state index in [1.165, 1.54) is 5.56 Å². The van der Waals surface area contributed by atoms with Crippen molar-refractivity contribution in [1.29, 1.82) is 0 Å². The molecule has 1 rings (SSSR count). The zero-order valence-corrected chi connectivity index (χ0v) is 12.5. The van der Waals surface area contributed by atoms with Crippen molar-refractivity contribution in [3.63, 3.8) is 0 Å². The number of nitrogens with zero attached hydrogens (tertiary/aromatic N) is 1. The van der Waals surface area contributed by atoms with Crippen molar-refractivity contribution >= 4 is 0 Å². The summed E-state index contributed by atoms with van der Waals surface area (Å²) >= 11 is 0. The summed E-state index contributed by atoms with van der Waals surface area (Å²) in [5, 5.41) is 12.3. The summed E-state index contributed by atoms with van der Waals surface area (Å²) in [6.07, 6.45) is 0.845. The lowest BCUT2D eigenvalue weighted by molar-refractivity contribution is 0.195. The molecule has 3 nitrogen and oxygen atoms in total. The average molecular weight is 264 g/mol. The lowest BCUT2D eigenvalue weighted by Gasteiger charge is -2.35. The number of benzene rings is 1. The van der Waals surface area contributed by atoms with E-state index in [2.05, 4.69) is 54.4 Å². The second-order valence-corrected chi connectivity index (χ2v) is 5.40. The van der Waals surface area contributed by atoms with Gasteiger partial charge in [-0.3, -0.25) is 0 Å². The molecule has 0 aliphatic rings. The van der Waals surface area contributed by atoms with Gasteiger partial charge in [0.25, 0.3) is 0 Å². The normalized spacial score (nSPS) is 14.6. The van der Waals surface area contributed by atoms with Gasteiger partial charge in [-0.25, -0.2) is 0 Å². The van der Waals surface area contributed by atoms with Gasteiger partial charge in [-0.1, -0.05) is 44.2 Å². The summed E-state index contributed by atoms with van der Waals surface area (Å²) in [7, 11) is 2.01. The van der Waals surface area contributed by atoms with Gasteiger partial charge in [0.05, 0.1) is 0 Å². The van der Waals surface area contributed by atoms with Crippen molar-refractivity contribution in [3.8, 4) is 0 Å². The maximum absolute atomic E-state index is 8.99. The van der Waals surface area contributed by atoms with Crippen molar-refractivity contribution in [2.45, 2.75) is 25.7 Å². The van der Waals surface area contributed by atoms with Gasteiger partial charge in [0.1, 0.15) is 0 Å². The third kappa shape index (κ3) is 4.94. The van der Waals surface area contributed by atoms with E-state index in [0.717, 1.165) is 32.6 Å². The monoisotopic (exact) mass is 264 g/mol. The molecule has 1 aromatic rings. The Kier molecular flexibility index (Phi) is 7.06. The first kappa shape index (κ1) is 16.2. The summed E-state index contributed by atoms with van der Waals surface area (Å²) in [6.45, 7) is 8.69. The van der Waals surface area contributed by atoms with Crippen LogP contribution in [0.15, 0.2) is 30.3 Å². The highest BCUT2D eigenvalue weighted by molar-refractivity contribution is 5.25. The standard InChI is InChI=1S/C16H28N2O/c1-4-18(11-8-12-19)14-16(2,13-17-3)15-9-6-5-7-10-15/h5-7,9-10,17,19H,4,8,11-14H2,1-3H3. The maximum Gasteiger partial charge on any atom is 0.0443 e. The molecule has 1 aromatic carbocycles. The maximum atomic E-state index is 8.99. The smallest absolute Gasteiger partial charge is 0.0443 e. The fourth-order valence-corrected chi connectivity index (χ4v) is 2.62. The molecule has 0 aromatic heterocycles. The van der Waals surface area contributed by atoms with Crippen molar-refractivity contribution in [2.75, 3.05) is 39.8 Å². The van der Waals surface area contributed by atoms with E-state index in [1.807, 2.05) is 7.05 Å². The van der Waals surface area contributed by atoms with Crippen LogP contribution in [0.25, 0.3) is 0 Å². The van der Waals surface area contributed by atoms with E-state index >= 15 is 0 Å². The number of hydrogen-bond donors (Lipinski definition) is 2. The molecule has 108 valence electrons. The lowest BCUT2D eigenvalue weighted by atomic mass is 9.81. The molecule has 19 heavy (non-hydrogen) atoms. The number of likely N-dealkylation sites (N-methyl/N-ethyl adjacent to an activating group) is 2. The molecule has 0 fully saturated rings. The second-order valence-electron chi connectivity index (χ2n) is 5.40. The zero-order chi connectivity index (χ0) is 14.1.